The normalized spacial score (nSPS) is 16.0. The molecule has 2 N–H and O–H groups in total. The number of sulfonamides is 1. The van der Waals surface area contributed by atoms with Crippen LogP contribution in [0.1, 0.15) is 12.8 Å². The van der Waals surface area contributed by atoms with Gasteiger partial charge in [-0.25, -0.2) is 8.42 Å². The zero-order valence-corrected chi connectivity index (χ0v) is 15.0. The molecule has 2 aromatic rings. The largest absolute Gasteiger partial charge is 0.381 e. The predicted molar refractivity (Wildman–Crippen MR) is 97.0 cm³/mol. The van der Waals surface area contributed by atoms with E-state index in [1.54, 1.807) is 18.3 Å². The van der Waals surface area contributed by atoms with Gasteiger partial charge in [0.15, 0.2) is 0 Å². The fraction of sp³-hybridized carbons (Fsp3) is 0.471. The third-order valence-corrected chi connectivity index (χ3v) is 4.94. The number of carbonyl (C=O) groups is 1. The first-order chi connectivity index (χ1) is 11.9. The van der Waals surface area contributed by atoms with E-state index in [9.17, 15) is 13.2 Å². The van der Waals surface area contributed by atoms with E-state index in [4.69, 9.17) is 4.74 Å². The molecule has 1 fully saturated rings. The molecule has 1 amide bonds. The Morgan fingerprint density at radius 1 is 1.28 bits per heavy atom. The summed E-state index contributed by atoms with van der Waals surface area (Å²) in [4.78, 5) is 12.2. The lowest BCUT2D eigenvalue weighted by Gasteiger charge is -2.22. The van der Waals surface area contributed by atoms with E-state index >= 15 is 0 Å². The average molecular weight is 365 g/mol. The second-order valence-electron chi connectivity index (χ2n) is 6.42. The molecule has 7 nitrogen and oxygen atoms in total. The minimum absolute atomic E-state index is 0.0505. The second kappa shape index (κ2) is 7.45. The van der Waals surface area contributed by atoms with Crippen LogP contribution in [0.5, 0.6) is 0 Å². The van der Waals surface area contributed by atoms with Crippen LogP contribution < -0.4 is 10.0 Å². The van der Waals surface area contributed by atoms with Crippen molar-refractivity contribution in [1.82, 2.24) is 9.88 Å². The molecular formula is C17H23N3O4S. The molecule has 2 heterocycles. The van der Waals surface area contributed by atoms with Crippen molar-refractivity contribution in [1.29, 1.82) is 0 Å². The Kier molecular flexibility index (Phi) is 5.29. The first-order valence-corrected chi connectivity index (χ1v) is 10.2. The van der Waals surface area contributed by atoms with E-state index in [1.165, 1.54) is 0 Å². The van der Waals surface area contributed by atoms with E-state index in [-0.39, 0.29) is 12.5 Å². The Morgan fingerprint density at radius 2 is 2.04 bits per heavy atom. The Balaban J connectivity index is 1.67. The standard InChI is InChI=1S/C17H23N3O4S/c1-25(22,23)19-15-3-2-4-16-14(15)5-8-20(16)12-17(21)18-11-13-6-9-24-10-7-13/h2-5,8,13,19H,6-7,9-12H2,1H3,(H,18,21). The van der Waals surface area contributed by atoms with Crippen LogP contribution in [0, 0.1) is 5.92 Å². The van der Waals surface area contributed by atoms with Crippen LogP contribution in [0.25, 0.3) is 10.9 Å². The van der Waals surface area contributed by atoms with Gasteiger partial charge in [-0.05, 0) is 37.0 Å². The summed E-state index contributed by atoms with van der Waals surface area (Å²) in [6.07, 6.45) is 4.87. The molecule has 0 atom stereocenters. The molecule has 1 aliphatic heterocycles. The van der Waals surface area contributed by atoms with Crippen LogP contribution in [0.4, 0.5) is 5.69 Å². The fourth-order valence-electron chi connectivity index (χ4n) is 3.07. The van der Waals surface area contributed by atoms with E-state index in [2.05, 4.69) is 10.0 Å². The first kappa shape index (κ1) is 17.8. The van der Waals surface area contributed by atoms with Crippen LogP contribution in [0.15, 0.2) is 30.5 Å². The number of rotatable bonds is 6. The lowest BCUT2D eigenvalue weighted by molar-refractivity contribution is -0.121. The highest BCUT2D eigenvalue weighted by Gasteiger charge is 2.15. The molecule has 1 aromatic heterocycles. The minimum Gasteiger partial charge on any atom is -0.381 e. The molecule has 1 aliphatic rings. The van der Waals surface area contributed by atoms with Crippen molar-refractivity contribution in [2.75, 3.05) is 30.7 Å². The SMILES string of the molecule is CS(=O)(=O)Nc1cccc2c1ccn2CC(=O)NCC1CCOCC1. The lowest BCUT2D eigenvalue weighted by Crippen LogP contribution is -2.34. The topological polar surface area (TPSA) is 89.4 Å². The smallest absolute Gasteiger partial charge is 0.239 e. The first-order valence-electron chi connectivity index (χ1n) is 8.32. The Morgan fingerprint density at radius 3 is 2.76 bits per heavy atom. The molecule has 0 bridgehead atoms. The van der Waals surface area contributed by atoms with Gasteiger partial charge >= 0.3 is 0 Å². The summed E-state index contributed by atoms with van der Waals surface area (Å²) in [5, 5.41) is 3.75. The maximum absolute atomic E-state index is 12.2. The van der Waals surface area contributed by atoms with Crippen LogP contribution in [-0.2, 0) is 26.1 Å². The van der Waals surface area contributed by atoms with Crippen molar-refractivity contribution in [3.63, 3.8) is 0 Å². The highest BCUT2D eigenvalue weighted by Crippen LogP contribution is 2.25. The number of hydrogen-bond acceptors (Lipinski definition) is 4. The predicted octanol–water partition coefficient (Wildman–Crippen LogP) is 1.56. The summed E-state index contributed by atoms with van der Waals surface area (Å²) in [6.45, 7) is 2.40. The van der Waals surface area contributed by atoms with Crippen LogP contribution >= 0.6 is 0 Å². The number of hydrogen-bond donors (Lipinski definition) is 2. The average Bonchev–Trinajstić information content (AvgIpc) is 2.97. The molecule has 8 heteroatoms. The zero-order chi connectivity index (χ0) is 17.9. The Bertz CT molecular complexity index is 854. The summed E-state index contributed by atoms with van der Waals surface area (Å²) >= 11 is 0. The lowest BCUT2D eigenvalue weighted by atomic mass is 10.0. The summed E-state index contributed by atoms with van der Waals surface area (Å²) in [5.41, 5.74) is 1.33. The number of fused-ring (bicyclic) bond motifs is 1. The van der Waals surface area contributed by atoms with Gasteiger partial charge in [0.05, 0.1) is 17.5 Å². The molecule has 1 saturated heterocycles. The zero-order valence-electron chi connectivity index (χ0n) is 14.2. The monoisotopic (exact) mass is 365 g/mol. The van der Waals surface area contributed by atoms with Gasteiger partial charge in [0.25, 0.3) is 0 Å². The number of carbonyl (C=O) groups excluding carboxylic acids is 1. The molecule has 0 spiro atoms. The van der Waals surface area contributed by atoms with Crippen molar-refractivity contribution in [2.45, 2.75) is 19.4 Å². The van der Waals surface area contributed by atoms with Gasteiger partial charge in [0, 0.05) is 31.3 Å². The number of ether oxygens (including phenoxy) is 1. The van der Waals surface area contributed by atoms with Crippen LogP contribution in [0.3, 0.4) is 0 Å². The molecule has 0 unspecified atom stereocenters. The van der Waals surface area contributed by atoms with Gasteiger partial charge in [0.1, 0.15) is 6.54 Å². The van der Waals surface area contributed by atoms with Gasteiger partial charge in [-0.2, -0.15) is 0 Å². The third kappa shape index (κ3) is 4.73. The minimum atomic E-state index is -3.35. The number of amides is 1. The number of nitrogens with zero attached hydrogens (tertiary/aromatic N) is 1. The quantitative estimate of drug-likeness (QED) is 0.813. The summed E-state index contributed by atoms with van der Waals surface area (Å²) in [7, 11) is -3.35. The summed E-state index contributed by atoms with van der Waals surface area (Å²) < 4.78 is 32.6. The number of anilines is 1. The number of nitrogens with one attached hydrogen (secondary N) is 2. The van der Waals surface area contributed by atoms with E-state index in [1.807, 2.05) is 16.7 Å². The molecule has 25 heavy (non-hydrogen) atoms. The Labute approximate surface area is 147 Å². The third-order valence-electron chi connectivity index (χ3n) is 4.35. The molecule has 3 rings (SSSR count). The van der Waals surface area contributed by atoms with Crippen molar-refractivity contribution in [3.8, 4) is 0 Å². The molecule has 136 valence electrons. The summed E-state index contributed by atoms with van der Waals surface area (Å²) in [5.74, 6) is 0.426. The van der Waals surface area contributed by atoms with Crippen molar-refractivity contribution >= 4 is 32.5 Å². The molecule has 0 saturated carbocycles. The van der Waals surface area contributed by atoms with Crippen molar-refractivity contribution in [3.05, 3.63) is 30.5 Å². The van der Waals surface area contributed by atoms with Crippen molar-refractivity contribution < 1.29 is 17.9 Å². The summed E-state index contributed by atoms with van der Waals surface area (Å²) in [6, 6.07) is 7.16. The number of aromatic nitrogens is 1. The highest BCUT2D eigenvalue weighted by molar-refractivity contribution is 7.92. The van der Waals surface area contributed by atoms with Gasteiger partial charge in [-0.15, -0.1) is 0 Å². The maximum atomic E-state index is 12.2. The molecular weight excluding hydrogens is 342 g/mol. The highest BCUT2D eigenvalue weighted by atomic mass is 32.2. The van der Waals surface area contributed by atoms with Gasteiger partial charge in [-0.3, -0.25) is 9.52 Å². The van der Waals surface area contributed by atoms with Crippen LogP contribution in [-0.4, -0.2) is 44.9 Å². The molecule has 0 radical (unpaired) electrons. The maximum Gasteiger partial charge on any atom is 0.239 e. The van der Waals surface area contributed by atoms with Gasteiger partial charge in [0.2, 0.25) is 15.9 Å². The van der Waals surface area contributed by atoms with Gasteiger partial charge < -0.3 is 14.6 Å². The Hall–Kier alpha value is -2.06. The van der Waals surface area contributed by atoms with E-state index < -0.39 is 10.0 Å². The second-order valence-corrected chi connectivity index (χ2v) is 8.16. The number of benzene rings is 1. The van der Waals surface area contributed by atoms with E-state index in [0.29, 0.717) is 18.2 Å². The van der Waals surface area contributed by atoms with Crippen LogP contribution in [0.2, 0.25) is 0 Å². The van der Waals surface area contributed by atoms with E-state index in [0.717, 1.165) is 43.2 Å². The van der Waals surface area contributed by atoms with Gasteiger partial charge in [-0.1, -0.05) is 6.07 Å². The molecule has 1 aromatic carbocycles. The molecule has 0 aliphatic carbocycles. The van der Waals surface area contributed by atoms with Crippen molar-refractivity contribution in [2.24, 2.45) is 5.92 Å². The fourth-order valence-corrected chi connectivity index (χ4v) is 3.65.